The third-order valence-electron chi connectivity index (χ3n) is 4.34. The third kappa shape index (κ3) is 4.10. The van der Waals surface area contributed by atoms with Crippen molar-refractivity contribution in [2.24, 2.45) is 0 Å². The van der Waals surface area contributed by atoms with Crippen LogP contribution in [-0.2, 0) is 11.3 Å². The average molecular weight is 378 g/mol. The molecule has 4 heteroatoms. The van der Waals surface area contributed by atoms with Crippen LogP contribution in [0.3, 0.4) is 0 Å². The molecule has 2 aromatic heterocycles. The Labute approximate surface area is 161 Å². The minimum atomic E-state index is 0.177. The number of hydrogen-bond donors (Lipinski definition) is 0. The predicted octanol–water partition coefficient (Wildman–Crippen LogP) is 5.36. The van der Waals surface area contributed by atoms with Gasteiger partial charge in [-0.3, -0.25) is 9.69 Å². The minimum absolute atomic E-state index is 0.177. The minimum Gasteiger partial charge on any atom is -0.290 e. The molecule has 3 aromatic rings. The van der Waals surface area contributed by atoms with E-state index in [0.717, 1.165) is 27.4 Å². The first-order valence-electron chi connectivity index (χ1n) is 8.57. The molecule has 0 bridgehead atoms. The Balaban J connectivity index is 1.64. The zero-order chi connectivity index (χ0) is 17.8. The summed E-state index contributed by atoms with van der Waals surface area (Å²) < 4.78 is 0. The predicted molar refractivity (Wildman–Crippen MR) is 111 cm³/mol. The van der Waals surface area contributed by atoms with Gasteiger partial charge in [0.15, 0.2) is 5.78 Å². The fourth-order valence-electron chi connectivity index (χ4n) is 3.15. The Morgan fingerprint density at radius 1 is 0.808 bits per heavy atom. The molecule has 1 aliphatic heterocycles. The van der Waals surface area contributed by atoms with Crippen LogP contribution in [0.2, 0.25) is 0 Å². The number of thiophene rings is 2. The monoisotopic (exact) mass is 377 g/mol. The van der Waals surface area contributed by atoms with Crippen molar-refractivity contribution in [1.82, 2.24) is 4.90 Å². The first kappa shape index (κ1) is 17.2. The Hall–Kier alpha value is -2.27. The normalized spacial score (nSPS) is 18.7. The number of carbonyl (C=O) groups is 1. The average Bonchev–Trinajstić information content (AvgIpc) is 3.34. The Morgan fingerprint density at radius 2 is 1.38 bits per heavy atom. The van der Waals surface area contributed by atoms with Crippen molar-refractivity contribution >= 4 is 40.6 Å². The van der Waals surface area contributed by atoms with E-state index < -0.39 is 0 Å². The highest BCUT2D eigenvalue weighted by Gasteiger charge is 2.26. The topological polar surface area (TPSA) is 20.3 Å². The molecule has 1 fully saturated rings. The molecule has 1 aromatic carbocycles. The van der Waals surface area contributed by atoms with Gasteiger partial charge >= 0.3 is 0 Å². The zero-order valence-electron chi connectivity index (χ0n) is 14.3. The van der Waals surface area contributed by atoms with Crippen LogP contribution in [0.15, 0.2) is 76.5 Å². The largest absolute Gasteiger partial charge is 0.290 e. The van der Waals surface area contributed by atoms with Crippen LogP contribution in [0.25, 0.3) is 12.2 Å². The van der Waals surface area contributed by atoms with E-state index >= 15 is 0 Å². The fraction of sp³-hybridized carbons (Fsp3) is 0.136. The van der Waals surface area contributed by atoms with E-state index in [1.54, 1.807) is 22.7 Å². The molecule has 4 rings (SSSR count). The van der Waals surface area contributed by atoms with Gasteiger partial charge in [0.25, 0.3) is 0 Å². The molecule has 0 saturated carbocycles. The molecular formula is C22H19NOS2. The van der Waals surface area contributed by atoms with E-state index in [1.807, 2.05) is 41.1 Å². The van der Waals surface area contributed by atoms with Crippen molar-refractivity contribution in [1.29, 1.82) is 0 Å². The van der Waals surface area contributed by atoms with E-state index in [2.05, 4.69) is 41.3 Å². The van der Waals surface area contributed by atoms with E-state index in [9.17, 15) is 4.79 Å². The second-order valence-corrected chi connectivity index (χ2v) is 8.29. The summed E-state index contributed by atoms with van der Waals surface area (Å²) >= 11 is 3.33. The lowest BCUT2D eigenvalue weighted by molar-refractivity contribution is -0.113. The lowest BCUT2D eigenvalue weighted by atomic mass is 9.96. The molecule has 26 heavy (non-hydrogen) atoms. The number of hydrogen-bond acceptors (Lipinski definition) is 4. The van der Waals surface area contributed by atoms with Crippen molar-refractivity contribution in [2.45, 2.75) is 6.54 Å². The van der Waals surface area contributed by atoms with Gasteiger partial charge in [0.1, 0.15) is 0 Å². The van der Waals surface area contributed by atoms with Gasteiger partial charge in [-0.1, -0.05) is 42.5 Å². The van der Waals surface area contributed by atoms with Crippen molar-refractivity contribution < 1.29 is 4.79 Å². The molecule has 1 aliphatic rings. The molecule has 2 nitrogen and oxygen atoms in total. The van der Waals surface area contributed by atoms with Gasteiger partial charge in [-0.25, -0.2) is 0 Å². The van der Waals surface area contributed by atoms with E-state index in [4.69, 9.17) is 0 Å². The van der Waals surface area contributed by atoms with Gasteiger partial charge in [0.2, 0.25) is 0 Å². The first-order chi connectivity index (χ1) is 12.8. The maximum absolute atomic E-state index is 13.0. The quantitative estimate of drug-likeness (QED) is 0.570. The number of benzene rings is 1. The first-order valence-corrected chi connectivity index (χ1v) is 10.3. The van der Waals surface area contributed by atoms with Crippen LogP contribution in [0, 0.1) is 0 Å². The van der Waals surface area contributed by atoms with Crippen LogP contribution in [-0.4, -0.2) is 23.8 Å². The summed E-state index contributed by atoms with van der Waals surface area (Å²) in [6.07, 6.45) is 4.10. The van der Waals surface area contributed by atoms with Crippen LogP contribution in [0.4, 0.5) is 0 Å². The molecule has 130 valence electrons. The smallest absolute Gasteiger partial charge is 0.187 e. The number of Topliss-reactive ketones (excluding diaryl/α,β-unsaturated/α-hetero) is 1. The zero-order valence-corrected chi connectivity index (χ0v) is 15.9. The Bertz CT molecular complexity index is 866. The summed E-state index contributed by atoms with van der Waals surface area (Å²) in [7, 11) is 0. The molecule has 0 spiro atoms. The lowest BCUT2D eigenvalue weighted by Crippen LogP contribution is -2.37. The van der Waals surface area contributed by atoms with Gasteiger partial charge in [0, 0.05) is 40.5 Å². The molecule has 3 heterocycles. The van der Waals surface area contributed by atoms with Crippen molar-refractivity contribution in [3.05, 3.63) is 91.8 Å². The number of ketones is 1. The van der Waals surface area contributed by atoms with Crippen molar-refractivity contribution in [3.8, 4) is 0 Å². The van der Waals surface area contributed by atoms with Crippen molar-refractivity contribution in [3.63, 3.8) is 0 Å². The Kier molecular flexibility index (Phi) is 5.25. The number of nitrogens with zero attached hydrogens (tertiary/aromatic N) is 1. The molecule has 0 unspecified atom stereocenters. The molecule has 0 atom stereocenters. The van der Waals surface area contributed by atoms with Crippen molar-refractivity contribution in [2.75, 3.05) is 13.1 Å². The molecule has 0 N–H and O–H groups in total. The van der Waals surface area contributed by atoms with Gasteiger partial charge in [-0.15, -0.1) is 22.7 Å². The van der Waals surface area contributed by atoms with Gasteiger partial charge in [-0.05, 0) is 40.6 Å². The number of rotatable bonds is 4. The summed E-state index contributed by atoms with van der Waals surface area (Å²) in [4.78, 5) is 17.6. The van der Waals surface area contributed by atoms with E-state index in [1.165, 1.54) is 5.56 Å². The fourth-order valence-corrected chi connectivity index (χ4v) is 4.52. The van der Waals surface area contributed by atoms with Gasteiger partial charge in [0.05, 0.1) is 0 Å². The molecular weight excluding hydrogens is 358 g/mol. The SMILES string of the molecule is O=C1/C(=C\c2cccs2)CN(Cc2ccccc2)C/C1=C\c1cccs1. The standard InChI is InChI=1S/C22H19NOS2/c24-22-18(12-20-8-4-10-25-20)15-23(14-17-6-2-1-3-7-17)16-19(22)13-21-9-5-11-26-21/h1-13H,14-16H2/b18-12-,19-13+. The summed E-state index contributed by atoms with van der Waals surface area (Å²) in [5.74, 6) is 0.177. The second kappa shape index (κ2) is 7.96. The number of piperidine rings is 1. The molecule has 0 aliphatic carbocycles. The van der Waals surface area contributed by atoms with Crippen LogP contribution >= 0.6 is 22.7 Å². The van der Waals surface area contributed by atoms with E-state index in [0.29, 0.717) is 13.1 Å². The molecule has 0 radical (unpaired) electrons. The number of carbonyl (C=O) groups excluding carboxylic acids is 1. The summed E-state index contributed by atoms with van der Waals surface area (Å²) in [6.45, 7) is 2.22. The van der Waals surface area contributed by atoms with E-state index in [-0.39, 0.29) is 5.78 Å². The summed E-state index contributed by atoms with van der Waals surface area (Å²) in [5, 5.41) is 4.09. The van der Waals surface area contributed by atoms with Crippen LogP contribution in [0.1, 0.15) is 15.3 Å². The number of likely N-dealkylation sites (tertiary alicyclic amines) is 1. The lowest BCUT2D eigenvalue weighted by Gasteiger charge is -2.29. The maximum atomic E-state index is 13.0. The summed E-state index contributed by atoms with van der Waals surface area (Å²) in [6, 6.07) is 18.6. The maximum Gasteiger partial charge on any atom is 0.187 e. The third-order valence-corrected chi connectivity index (χ3v) is 5.98. The molecule has 0 amide bonds. The highest BCUT2D eigenvalue weighted by atomic mass is 32.1. The van der Waals surface area contributed by atoms with Crippen LogP contribution < -0.4 is 0 Å². The highest BCUT2D eigenvalue weighted by Crippen LogP contribution is 2.25. The van der Waals surface area contributed by atoms with Gasteiger partial charge < -0.3 is 0 Å². The van der Waals surface area contributed by atoms with Gasteiger partial charge in [-0.2, -0.15) is 0 Å². The summed E-state index contributed by atoms with van der Waals surface area (Å²) in [5.41, 5.74) is 3.02. The second-order valence-electron chi connectivity index (χ2n) is 6.33. The Morgan fingerprint density at radius 3 is 1.88 bits per heavy atom. The highest BCUT2D eigenvalue weighted by molar-refractivity contribution is 7.11. The molecule has 1 saturated heterocycles. The van der Waals surface area contributed by atoms with Crippen LogP contribution in [0.5, 0.6) is 0 Å².